The van der Waals surface area contributed by atoms with Crippen LogP contribution in [0.25, 0.3) is 0 Å². The number of hydrogen-bond acceptors (Lipinski definition) is 7. The number of hydrogen-bond donors (Lipinski definition) is 5. The van der Waals surface area contributed by atoms with E-state index in [1.807, 2.05) is 0 Å². The van der Waals surface area contributed by atoms with Crippen LogP contribution in [0.2, 0.25) is 0 Å². The predicted molar refractivity (Wildman–Crippen MR) is 61.7 cm³/mol. The molecule has 1 amide bonds. The quantitative estimate of drug-likeness (QED) is 0.346. The van der Waals surface area contributed by atoms with Crippen LogP contribution in [0, 0.1) is 0 Å². The van der Waals surface area contributed by atoms with Gasteiger partial charge in [-0.2, -0.15) is 0 Å². The smallest absolute Gasteiger partial charge is 0.254 e. The van der Waals surface area contributed by atoms with E-state index in [1.165, 1.54) is 0 Å². The van der Waals surface area contributed by atoms with Crippen LogP contribution in [0.5, 0.6) is 0 Å². The fourth-order valence-electron chi connectivity index (χ4n) is 1.93. The van der Waals surface area contributed by atoms with Gasteiger partial charge in [0.25, 0.3) is 5.79 Å². The first-order chi connectivity index (χ1) is 8.77. The van der Waals surface area contributed by atoms with Crippen molar-refractivity contribution in [3.05, 3.63) is 12.7 Å². The molecule has 19 heavy (non-hydrogen) atoms. The maximum atomic E-state index is 11.7. The van der Waals surface area contributed by atoms with Crippen molar-refractivity contribution in [1.29, 1.82) is 0 Å². The zero-order chi connectivity index (χ0) is 14.8. The van der Waals surface area contributed by atoms with Gasteiger partial charge in [0, 0.05) is 6.92 Å². The number of nitrogens with one attached hydrogen (secondary N) is 1. The largest absolute Gasteiger partial charge is 0.394 e. The topological polar surface area (TPSA) is 136 Å². The maximum absolute atomic E-state index is 11.7. The number of aliphatic hydroxyl groups excluding tert-OH is 3. The van der Waals surface area contributed by atoms with E-state index in [9.17, 15) is 24.9 Å². The summed E-state index contributed by atoms with van der Waals surface area (Å²) in [7, 11) is 0. The molecule has 0 aromatic rings. The highest BCUT2D eigenvalue weighted by Gasteiger charge is 2.56. The Hall–Kier alpha value is -1.32. The Morgan fingerprint density at radius 3 is 2.42 bits per heavy atom. The van der Waals surface area contributed by atoms with Crippen molar-refractivity contribution in [2.75, 3.05) is 6.61 Å². The molecule has 5 N–H and O–H groups in total. The first-order valence-corrected chi connectivity index (χ1v) is 5.59. The fourth-order valence-corrected chi connectivity index (χ4v) is 1.93. The Morgan fingerprint density at radius 1 is 1.42 bits per heavy atom. The highest BCUT2D eigenvalue weighted by atomic mass is 16.7. The second-order valence-corrected chi connectivity index (χ2v) is 4.26. The van der Waals surface area contributed by atoms with Gasteiger partial charge in [0.15, 0.2) is 0 Å². The molecule has 8 nitrogen and oxygen atoms in total. The molecular weight excluding hydrogens is 258 g/mol. The van der Waals surface area contributed by atoms with E-state index < -0.39 is 48.4 Å². The van der Waals surface area contributed by atoms with Crippen LogP contribution < -0.4 is 5.32 Å². The predicted octanol–water partition coefficient (Wildman–Crippen LogP) is -2.95. The van der Waals surface area contributed by atoms with Gasteiger partial charge in [-0.1, -0.05) is 6.58 Å². The minimum atomic E-state index is -2.60. The van der Waals surface area contributed by atoms with E-state index in [2.05, 4.69) is 11.9 Å². The summed E-state index contributed by atoms with van der Waals surface area (Å²) in [5.41, 5.74) is 0. The van der Waals surface area contributed by atoms with Gasteiger partial charge in [-0.05, 0) is 6.08 Å². The number of ketones is 1. The van der Waals surface area contributed by atoms with Gasteiger partial charge in [-0.3, -0.25) is 9.59 Å². The normalized spacial score (nSPS) is 38.6. The van der Waals surface area contributed by atoms with Gasteiger partial charge in [0.1, 0.15) is 24.4 Å². The van der Waals surface area contributed by atoms with Crippen LogP contribution in [0.1, 0.15) is 6.92 Å². The Balaban J connectivity index is 3.16. The minimum Gasteiger partial charge on any atom is -0.394 e. The van der Waals surface area contributed by atoms with Crippen molar-refractivity contribution in [1.82, 2.24) is 5.32 Å². The van der Waals surface area contributed by atoms with Crippen molar-refractivity contribution >= 4 is 11.7 Å². The number of amides is 1. The summed E-state index contributed by atoms with van der Waals surface area (Å²) < 4.78 is 4.93. The van der Waals surface area contributed by atoms with E-state index in [4.69, 9.17) is 9.84 Å². The molecule has 5 atom stereocenters. The maximum Gasteiger partial charge on any atom is 0.254 e. The number of ether oxygens (including phenoxy) is 1. The van der Waals surface area contributed by atoms with Crippen molar-refractivity contribution < 1.29 is 34.8 Å². The van der Waals surface area contributed by atoms with Crippen molar-refractivity contribution in [2.24, 2.45) is 0 Å². The summed E-state index contributed by atoms with van der Waals surface area (Å²) >= 11 is 0. The highest BCUT2D eigenvalue weighted by molar-refractivity contribution is 5.96. The van der Waals surface area contributed by atoms with E-state index in [1.54, 1.807) is 0 Å². The highest BCUT2D eigenvalue weighted by Crippen LogP contribution is 2.29. The summed E-state index contributed by atoms with van der Waals surface area (Å²) in [6.45, 7) is 3.56. The average molecular weight is 275 g/mol. The van der Waals surface area contributed by atoms with E-state index in [-0.39, 0.29) is 0 Å². The summed E-state index contributed by atoms with van der Waals surface area (Å²) in [6, 6.07) is -1.58. The second-order valence-electron chi connectivity index (χ2n) is 4.26. The molecule has 1 heterocycles. The van der Waals surface area contributed by atoms with Crippen LogP contribution in [0.4, 0.5) is 0 Å². The number of carbonyl (C=O) groups is 2. The molecule has 0 aromatic heterocycles. The average Bonchev–Trinajstić information content (AvgIpc) is 2.37. The third-order valence-electron chi connectivity index (χ3n) is 2.90. The molecule has 8 heteroatoms. The van der Waals surface area contributed by atoms with Crippen LogP contribution in [-0.2, 0) is 14.3 Å². The summed E-state index contributed by atoms with van der Waals surface area (Å²) in [5.74, 6) is -4.24. The Labute approximate surface area is 109 Å². The third kappa shape index (κ3) is 2.82. The van der Waals surface area contributed by atoms with Gasteiger partial charge in [0.2, 0.25) is 11.7 Å². The lowest BCUT2D eigenvalue weighted by Crippen LogP contribution is -2.72. The van der Waals surface area contributed by atoms with Crippen molar-refractivity contribution in [3.63, 3.8) is 0 Å². The SMILES string of the molecule is C=CC(=O)C1(O)O[C@H](CO)[C@@H](O)[C@H](O)[C@H]1NC(C)=O. The molecule has 1 fully saturated rings. The molecule has 0 bridgehead atoms. The molecule has 1 aliphatic heterocycles. The lowest BCUT2D eigenvalue weighted by Gasteiger charge is -2.46. The van der Waals surface area contributed by atoms with E-state index in [0.29, 0.717) is 0 Å². The molecular formula is C11H17NO7. The lowest BCUT2D eigenvalue weighted by molar-refractivity contribution is -0.299. The molecule has 1 rings (SSSR count). The zero-order valence-corrected chi connectivity index (χ0v) is 10.3. The number of rotatable bonds is 4. The molecule has 1 saturated heterocycles. The molecule has 0 aromatic carbocycles. The first kappa shape index (κ1) is 15.7. The van der Waals surface area contributed by atoms with Crippen molar-refractivity contribution in [2.45, 2.75) is 37.1 Å². The second kappa shape index (κ2) is 5.76. The molecule has 0 radical (unpaired) electrons. The zero-order valence-electron chi connectivity index (χ0n) is 10.3. The number of aliphatic hydroxyl groups is 4. The summed E-state index contributed by atoms with van der Waals surface area (Å²) in [6.07, 6.45) is -3.87. The summed E-state index contributed by atoms with van der Waals surface area (Å²) in [5, 5.41) is 40.9. The van der Waals surface area contributed by atoms with Gasteiger partial charge in [0.05, 0.1) is 6.61 Å². The van der Waals surface area contributed by atoms with Crippen LogP contribution in [0.15, 0.2) is 12.7 Å². The number of carbonyl (C=O) groups excluding carboxylic acids is 2. The summed E-state index contributed by atoms with van der Waals surface area (Å²) in [4.78, 5) is 22.7. The van der Waals surface area contributed by atoms with Crippen LogP contribution >= 0.6 is 0 Å². The Morgan fingerprint density at radius 2 is 2.00 bits per heavy atom. The Kier molecular flexibility index (Phi) is 4.77. The molecule has 1 unspecified atom stereocenters. The minimum absolute atomic E-state index is 0.641. The third-order valence-corrected chi connectivity index (χ3v) is 2.90. The lowest BCUT2D eigenvalue weighted by atomic mass is 9.87. The van der Waals surface area contributed by atoms with Gasteiger partial charge in [-0.15, -0.1) is 0 Å². The van der Waals surface area contributed by atoms with E-state index in [0.717, 1.165) is 13.0 Å². The standard InChI is InChI=1S/C11H17NO7/c1-3-7(15)11(18)10(12-5(2)14)9(17)8(16)6(4-13)19-11/h3,6,8-10,13,16-18H,1,4H2,2H3,(H,12,14)/t6-,8-,9+,10-,11?/m1/s1. The molecule has 0 aliphatic carbocycles. The van der Waals surface area contributed by atoms with Crippen LogP contribution in [0.3, 0.4) is 0 Å². The molecule has 108 valence electrons. The van der Waals surface area contributed by atoms with Gasteiger partial charge in [-0.25, -0.2) is 0 Å². The van der Waals surface area contributed by atoms with Gasteiger partial charge < -0.3 is 30.5 Å². The monoisotopic (exact) mass is 275 g/mol. The molecule has 1 aliphatic rings. The molecule has 0 spiro atoms. The van der Waals surface area contributed by atoms with Crippen LogP contribution in [-0.4, -0.2) is 68.9 Å². The van der Waals surface area contributed by atoms with E-state index >= 15 is 0 Å². The fraction of sp³-hybridized carbons (Fsp3) is 0.636. The van der Waals surface area contributed by atoms with Crippen molar-refractivity contribution in [3.8, 4) is 0 Å². The first-order valence-electron chi connectivity index (χ1n) is 5.59. The Bertz CT molecular complexity index is 385. The van der Waals surface area contributed by atoms with Gasteiger partial charge >= 0.3 is 0 Å². The molecule has 0 saturated carbocycles.